The van der Waals surface area contributed by atoms with Gasteiger partial charge in [-0.15, -0.1) is 11.3 Å². The first kappa shape index (κ1) is 15.1. The standard InChI is InChI=1S/C18H21NO2S/c1-12-8-13(2)10-15(9-12)21-11-18(20)19-6-4-17-16(14(19)3)5-7-22-17/h5,7-10,14H,4,6,11H2,1-3H3. The van der Waals surface area contributed by atoms with Gasteiger partial charge in [0, 0.05) is 11.4 Å². The number of rotatable bonds is 3. The van der Waals surface area contributed by atoms with Crippen LogP contribution in [0.3, 0.4) is 0 Å². The van der Waals surface area contributed by atoms with Crippen molar-refractivity contribution in [2.75, 3.05) is 13.2 Å². The first-order valence-corrected chi connectivity index (χ1v) is 8.49. The Balaban J connectivity index is 1.65. The van der Waals surface area contributed by atoms with Crippen LogP contribution in [0.1, 0.15) is 34.5 Å². The van der Waals surface area contributed by atoms with Crippen molar-refractivity contribution >= 4 is 17.2 Å². The molecule has 1 atom stereocenters. The largest absolute Gasteiger partial charge is 0.484 e. The van der Waals surface area contributed by atoms with Gasteiger partial charge in [-0.1, -0.05) is 6.07 Å². The summed E-state index contributed by atoms with van der Waals surface area (Å²) in [7, 11) is 0. The van der Waals surface area contributed by atoms with Crippen molar-refractivity contribution in [3.8, 4) is 5.75 Å². The Hall–Kier alpha value is -1.81. The number of carbonyl (C=O) groups excluding carboxylic acids is 1. The molecule has 4 heteroatoms. The second-order valence-electron chi connectivity index (χ2n) is 5.92. The highest BCUT2D eigenvalue weighted by molar-refractivity contribution is 7.10. The summed E-state index contributed by atoms with van der Waals surface area (Å²) in [6.07, 6.45) is 0.951. The molecule has 0 radical (unpaired) electrons. The van der Waals surface area contributed by atoms with Gasteiger partial charge in [-0.3, -0.25) is 4.79 Å². The van der Waals surface area contributed by atoms with Crippen molar-refractivity contribution < 1.29 is 9.53 Å². The maximum absolute atomic E-state index is 12.5. The van der Waals surface area contributed by atoms with Gasteiger partial charge < -0.3 is 9.64 Å². The highest BCUT2D eigenvalue weighted by Crippen LogP contribution is 2.32. The summed E-state index contributed by atoms with van der Waals surface area (Å²) in [6, 6.07) is 8.31. The topological polar surface area (TPSA) is 29.5 Å². The van der Waals surface area contributed by atoms with Gasteiger partial charge in [-0.2, -0.15) is 0 Å². The molecule has 3 nitrogen and oxygen atoms in total. The van der Waals surface area contributed by atoms with Crippen LogP contribution in [0.25, 0.3) is 0 Å². The summed E-state index contributed by atoms with van der Waals surface area (Å²) in [5, 5.41) is 2.11. The van der Waals surface area contributed by atoms with Gasteiger partial charge in [-0.25, -0.2) is 0 Å². The van der Waals surface area contributed by atoms with Crippen LogP contribution in [0.15, 0.2) is 29.6 Å². The van der Waals surface area contributed by atoms with E-state index in [2.05, 4.69) is 24.4 Å². The maximum atomic E-state index is 12.5. The minimum absolute atomic E-state index is 0.0588. The molecule has 0 spiro atoms. The van der Waals surface area contributed by atoms with Crippen LogP contribution in [0.4, 0.5) is 0 Å². The number of carbonyl (C=O) groups is 1. The number of fused-ring (bicyclic) bond motifs is 1. The van der Waals surface area contributed by atoms with Gasteiger partial charge in [-0.05, 0) is 67.5 Å². The summed E-state index contributed by atoms with van der Waals surface area (Å²) >= 11 is 1.79. The molecule has 116 valence electrons. The van der Waals surface area contributed by atoms with Crippen LogP contribution < -0.4 is 4.74 Å². The van der Waals surface area contributed by atoms with Crippen LogP contribution in [0, 0.1) is 13.8 Å². The first-order valence-electron chi connectivity index (χ1n) is 7.61. The predicted molar refractivity (Wildman–Crippen MR) is 89.6 cm³/mol. The van der Waals surface area contributed by atoms with Gasteiger partial charge >= 0.3 is 0 Å². The molecule has 1 aromatic carbocycles. The minimum atomic E-state index is 0.0588. The maximum Gasteiger partial charge on any atom is 0.261 e. The zero-order valence-electron chi connectivity index (χ0n) is 13.3. The summed E-state index contributed by atoms with van der Waals surface area (Å²) in [6.45, 7) is 7.05. The molecule has 0 bridgehead atoms. The molecular formula is C18H21NO2S. The fourth-order valence-electron chi connectivity index (χ4n) is 3.09. The van der Waals surface area contributed by atoms with Crippen molar-refractivity contribution in [2.24, 2.45) is 0 Å². The van der Waals surface area contributed by atoms with E-state index >= 15 is 0 Å². The van der Waals surface area contributed by atoms with Gasteiger partial charge in [0.05, 0.1) is 6.04 Å². The molecule has 22 heavy (non-hydrogen) atoms. The molecule has 1 aromatic heterocycles. The fourth-order valence-corrected chi connectivity index (χ4v) is 4.06. The minimum Gasteiger partial charge on any atom is -0.484 e. The molecule has 3 rings (SSSR count). The van der Waals surface area contributed by atoms with Crippen molar-refractivity contribution in [3.63, 3.8) is 0 Å². The molecule has 1 unspecified atom stereocenters. The van der Waals surface area contributed by atoms with Gasteiger partial charge in [0.15, 0.2) is 6.61 Å². The number of nitrogens with zero attached hydrogens (tertiary/aromatic N) is 1. The third-order valence-electron chi connectivity index (χ3n) is 4.16. The Bertz CT molecular complexity index is 672. The van der Waals surface area contributed by atoms with Crippen LogP contribution in [0.2, 0.25) is 0 Å². The fraction of sp³-hybridized carbons (Fsp3) is 0.389. The summed E-state index contributed by atoms with van der Waals surface area (Å²) in [4.78, 5) is 15.8. The molecule has 2 heterocycles. The van der Waals surface area contributed by atoms with Crippen LogP contribution in [0.5, 0.6) is 5.75 Å². The predicted octanol–water partition coefficient (Wildman–Crippen LogP) is 3.89. The number of hydrogen-bond acceptors (Lipinski definition) is 3. The Morgan fingerprint density at radius 3 is 2.77 bits per heavy atom. The second-order valence-corrected chi connectivity index (χ2v) is 6.92. The third kappa shape index (κ3) is 3.02. The van der Waals surface area contributed by atoms with Crippen molar-refractivity contribution in [1.82, 2.24) is 4.90 Å². The zero-order chi connectivity index (χ0) is 15.7. The number of ether oxygens (including phenoxy) is 1. The van der Waals surface area contributed by atoms with Gasteiger partial charge in [0.2, 0.25) is 0 Å². The molecule has 0 fully saturated rings. The molecule has 0 saturated carbocycles. The quantitative estimate of drug-likeness (QED) is 0.860. The van der Waals surface area contributed by atoms with E-state index in [1.165, 1.54) is 10.4 Å². The van der Waals surface area contributed by atoms with E-state index in [0.717, 1.165) is 29.8 Å². The molecule has 0 aliphatic carbocycles. The summed E-state index contributed by atoms with van der Waals surface area (Å²) in [5.41, 5.74) is 3.59. The van der Waals surface area contributed by atoms with E-state index in [1.807, 2.05) is 30.9 Å². The molecule has 1 amide bonds. The lowest BCUT2D eigenvalue weighted by Crippen LogP contribution is -2.40. The second kappa shape index (κ2) is 6.13. The van der Waals surface area contributed by atoms with Crippen molar-refractivity contribution in [3.05, 3.63) is 51.2 Å². The third-order valence-corrected chi connectivity index (χ3v) is 5.15. The van der Waals surface area contributed by atoms with E-state index in [4.69, 9.17) is 4.74 Å². The first-order chi connectivity index (χ1) is 10.5. The van der Waals surface area contributed by atoms with E-state index in [-0.39, 0.29) is 18.6 Å². The Morgan fingerprint density at radius 2 is 2.05 bits per heavy atom. The lowest BCUT2D eigenvalue weighted by atomic mass is 10.0. The molecular weight excluding hydrogens is 294 g/mol. The summed E-state index contributed by atoms with van der Waals surface area (Å²) < 4.78 is 5.71. The van der Waals surface area contributed by atoms with E-state index < -0.39 is 0 Å². The SMILES string of the molecule is Cc1cc(C)cc(OCC(=O)N2CCc3sccc3C2C)c1. The number of benzene rings is 1. The Morgan fingerprint density at radius 1 is 1.32 bits per heavy atom. The Labute approximate surface area is 135 Å². The number of hydrogen-bond donors (Lipinski definition) is 0. The number of thiophene rings is 1. The van der Waals surface area contributed by atoms with Crippen LogP contribution in [-0.4, -0.2) is 24.0 Å². The van der Waals surface area contributed by atoms with E-state index in [1.54, 1.807) is 11.3 Å². The Kier molecular flexibility index (Phi) is 4.21. The van der Waals surface area contributed by atoms with Crippen molar-refractivity contribution in [1.29, 1.82) is 0 Å². The average molecular weight is 315 g/mol. The molecule has 0 saturated heterocycles. The van der Waals surface area contributed by atoms with E-state index in [9.17, 15) is 4.79 Å². The number of amides is 1. The summed E-state index contributed by atoms with van der Waals surface area (Å²) in [5.74, 6) is 0.829. The normalized spacial score (nSPS) is 17.2. The highest BCUT2D eigenvalue weighted by atomic mass is 32.1. The van der Waals surface area contributed by atoms with E-state index in [0.29, 0.717) is 0 Å². The average Bonchev–Trinajstić information content (AvgIpc) is 2.93. The molecule has 1 aliphatic rings. The molecule has 2 aromatic rings. The number of aryl methyl sites for hydroxylation is 2. The monoisotopic (exact) mass is 315 g/mol. The van der Waals surface area contributed by atoms with Crippen LogP contribution in [-0.2, 0) is 11.2 Å². The molecule has 0 N–H and O–H groups in total. The van der Waals surface area contributed by atoms with Crippen LogP contribution >= 0.6 is 11.3 Å². The smallest absolute Gasteiger partial charge is 0.261 e. The molecule has 1 aliphatic heterocycles. The van der Waals surface area contributed by atoms with Crippen molar-refractivity contribution in [2.45, 2.75) is 33.2 Å². The van der Waals surface area contributed by atoms with Gasteiger partial charge in [0.25, 0.3) is 5.91 Å². The lowest BCUT2D eigenvalue weighted by molar-refractivity contribution is -0.135. The zero-order valence-corrected chi connectivity index (χ0v) is 14.1. The van der Waals surface area contributed by atoms with Gasteiger partial charge in [0.1, 0.15) is 5.75 Å². The highest BCUT2D eigenvalue weighted by Gasteiger charge is 2.28. The lowest BCUT2D eigenvalue weighted by Gasteiger charge is -2.33.